The van der Waals surface area contributed by atoms with E-state index in [2.05, 4.69) is 84.4 Å². The van der Waals surface area contributed by atoms with E-state index in [0.717, 1.165) is 10.5 Å². The summed E-state index contributed by atoms with van der Waals surface area (Å²) in [6.07, 6.45) is 20.1. The predicted molar refractivity (Wildman–Crippen MR) is 178 cm³/mol. The second-order valence-electron chi connectivity index (χ2n) is 9.47. The van der Waals surface area contributed by atoms with Crippen LogP contribution >= 0.6 is 70.6 Å². The normalized spacial score (nSPS) is 22.8. The molecule has 0 aromatic rings. The van der Waals surface area contributed by atoms with Crippen molar-refractivity contribution in [1.29, 1.82) is 0 Å². The van der Waals surface area contributed by atoms with Crippen LogP contribution in [0.15, 0.2) is 0 Å². The zero-order chi connectivity index (χ0) is 24.4. The minimum Gasteiger partial charge on any atom is -0.160 e. The number of rotatable bonds is 14. The van der Waals surface area contributed by atoms with Gasteiger partial charge in [-0.05, 0) is 12.8 Å². The van der Waals surface area contributed by atoms with Crippen molar-refractivity contribution in [3.8, 4) is 0 Å². The molecule has 2 atom stereocenters. The molecule has 204 valence electrons. The van der Waals surface area contributed by atoms with Gasteiger partial charge in [0.25, 0.3) is 0 Å². The standard InChI is InChI=1S/C28H56S6/c1-3-5-7-9-11-13-15-27-25-31-21-19-29-17-18-30-20-22-32-26-28(34-24-23-33-27)16-14-12-10-8-6-4-2/h27-28H,3-26H2,1-2H3. The summed E-state index contributed by atoms with van der Waals surface area (Å²) in [4.78, 5) is 0. The molecule has 1 aliphatic heterocycles. The number of thioether (sulfide) groups is 6. The Balaban J connectivity index is 2.38. The van der Waals surface area contributed by atoms with E-state index in [-0.39, 0.29) is 0 Å². The second-order valence-corrected chi connectivity index (χ2v) is 17.0. The first-order valence-electron chi connectivity index (χ1n) is 14.4. The highest BCUT2D eigenvalue weighted by atomic mass is 32.2. The zero-order valence-corrected chi connectivity index (χ0v) is 27.5. The van der Waals surface area contributed by atoms with E-state index in [0.29, 0.717) is 0 Å². The third kappa shape index (κ3) is 23.2. The van der Waals surface area contributed by atoms with Crippen molar-refractivity contribution < 1.29 is 0 Å². The first-order chi connectivity index (χ1) is 16.9. The van der Waals surface area contributed by atoms with Gasteiger partial charge in [0, 0.05) is 68.0 Å². The number of unbranched alkanes of at least 4 members (excludes halogenated alkanes) is 10. The van der Waals surface area contributed by atoms with Gasteiger partial charge in [0.15, 0.2) is 0 Å². The highest BCUT2D eigenvalue weighted by Gasteiger charge is 2.13. The highest BCUT2D eigenvalue weighted by molar-refractivity contribution is 8.07. The molecule has 0 amide bonds. The average Bonchev–Trinajstić information content (AvgIpc) is 2.84. The Labute approximate surface area is 240 Å². The molecule has 0 bridgehead atoms. The molecule has 0 aromatic heterocycles. The van der Waals surface area contributed by atoms with E-state index in [1.807, 2.05) is 0 Å². The van der Waals surface area contributed by atoms with Gasteiger partial charge in [-0.1, -0.05) is 90.9 Å². The minimum atomic E-state index is 0.891. The van der Waals surface area contributed by atoms with E-state index in [1.54, 1.807) is 0 Å². The summed E-state index contributed by atoms with van der Waals surface area (Å²) >= 11 is 13.5. The van der Waals surface area contributed by atoms with Crippen LogP contribution in [0.3, 0.4) is 0 Å². The van der Waals surface area contributed by atoms with E-state index in [9.17, 15) is 0 Å². The molecule has 34 heavy (non-hydrogen) atoms. The van der Waals surface area contributed by atoms with Crippen LogP contribution in [0.5, 0.6) is 0 Å². The van der Waals surface area contributed by atoms with E-state index < -0.39 is 0 Å². The number of hydrogen-bond acceptors (Lipinski definition) is 6. The van der Waals surface area contributed by atoms with Gasteiger partial charge in [-0.15, -0.1) is 0 Å². The Morgan fingerprint density at radius 1 is 0.412 bits per heavy atom. The summed E-state index contributed by atoms with van der Waals surface area (Å²) in [7, 11) is 0. The van der Waals surface area contributed by atoms with E-state index in [1.165, 1.54) is 147 Å². The molecular weight excluding hydrogens is 529 g/mol. The molecule has 1 saturated heterocycles. The van der Waals surface area contributed by atoms with E-state index in [4.69, 9.17) is 0 Å². The molecule has 0 saturated carbocycles. The van der Waals surface area contributed by atoms with Crippen molar-refractivity contribution in [3.05, 3.63) is 0 Å². The maximum atomic E-state index is 2.32. The van der Waals surface area contributed by atoms with Gasteiger partial charge in [-0.2, -0.15) is 70.6 Å². The first-order valence-corrected chi connectivity index (χ1v) is 21.1. The molecule has 6 heteroatoms. The topological polar surface area (TPSA) is 0 Å². The van der Waals surface area contributed by atoms with Crippen LogP contribution in [0.4, 0.5) is 0 Å². The lowest BCUT2D eigenvalue weighted by atomic mass is 10.1. The molecule has 1 heterocycles. The van der Waals surface area contributed by atoms with Gasteiger partial charge < -0.3 is 0 Å². The minimum absolute atomic E-state index is 0.891. The van der Waals surface area contributed by atoms with Crippen molar-refractivity contribution in [2.75, 3.05) is 57.5 Å². The van der Waals surface area contributed by atoms with Gasteiger partial charge in [-0.3, -0.25) is 0 Å². The third-order valence-corrected chi connectivity index (χ3v) is 14.6. The van der Waals surface area contributed by atoms with Gasteiger partial charge in [0.2, 0.25) is 0 Å². The Kier molecular flexibility index (Phi) is 28.2. The SMILES string of the molecule is CCCCCCCCC1CSCCSCCSCCSCC(CCCCCCCC)SCCS1. The zero-order valence-electron chi connectivity index (χ0n) is 22.6. The first kappa shape index (κ1) is 34.1. The molecule has 1 aliphatic rings. The maximum absolute atomic E-state index is 2.32. The monoisotopic (exact) mass is 584 g/mol. The fourth-order valence-electron chi connectivity index (χ4n) is 4.15. The molecular formula is C28H56S6. The molecule has 0 nitrogen and oxygen atoms in total. The van der Waals surface area contributed by atoms with Crippen molar-refractivity contribution in [2.45, 2.75) is 114 Å². The summed E-state index contributed by atoms with van der Waals surface area (Å²) in [5.74, 6) is 13.6. The van der Waals surface area contributed by atoms with Crippen molar-refractivity contribution in [3.63, 3.8) is 0 Å². The lowest BCUT2D eigenvalue weighted by Crippen LogP contribution is -2.12. The quantitative estimate of drug-likeness (QED) is 0.185. The van der Waals surface area contributed by atoms with Crippen LogP contribution in [0.1, 0.15) is 104 Å². The molecule has 2 unspecified atom stereocenters. The Morgan fingerprint density at radius 2 is 0.765 bits per heavy atom. The van der Waals surface area contributed by atoms with Crippen LogP contribution < -0.4 is 0 Å². The van der Waals surface area contributed by atoms with Gasteiger partial charge in [0.1, 0.15) is 0 Å². The second kappa shape index (κ2) is 28.1. The van der Waals surface area contributed by atoms with Crippen molar-refractivity contribution >= 4 is 70.6 Å². The summed E-state index contributed by atoms with van der Waals surface area (Å²) in [5.41, 5.74) is 0. The summed E-state index contributed by atoms with van der Waals surface area (Å²) in [6.45, 7) is 4.64. The van der Waals surface area contributed by atoms with Crippen LogP contribution in [0, 0.1) is 0 Å². The average molecular weight is 585 g/mol. The molecule has 0 aromatic carbocycles. The summed E-state index contributed by atoms with van der Waals surface area (Å²) < 4.78 is 0. The fourth-order valence-corrected chi connectivity index (χ4v) is 12.0. The molecule has 1 fully saturated rings. The maximum Gasteiger partial charge on any atom is 0.0138 e. The smallest absolute Gasteiger partial charge is 0.0138 e. The highest BCUT2D eigenvalue weighted by Crippen LogP contribution is 2.28. The Hall–Kier alpha value is 2.10. The van der Waals surface area contributed by atoms with E-state index >= 15 is 0 Å². The van der Waals surface area contributed by atoms with Crippen LogP contribution in [0.25, 0.3) is 0 Å². The lowest BCUT2D eigenvalue weighted by Gasteiger charge is -2.19. The van der Waals surface area contributed by atoms with Crippen molar-refractivity contribution in [1.82, 2.24) is 0 Å². The third-order valence-electron chi connectivity index (χ3n) is 6.27. The van der Waals surface area contributed by atoms with Crippen molar-refractivity contribution in [2.24, 2.45) is 0 Å². The van der Waals surface area contributed by atoms with Gasteiger partial charge in [-0.25, -0.2) is 0 Å². The predicted octanol–water partition coefficient (Wildman–Crippen LogP) is 10.6. The molecule has 0 radical (unpaired) electrons. The van der Waals surface area contributed by atoms with Gasteiger partial charge in [0.05, 0.1) is 0 Å². The Bertz CT molecular complexity index is 359. The molecule has 1 rings (SSSR count). The largest absolute Gasteiger partial charge is 0.160 e. The van der Waals surface area contributed by atoms with Crippen LogP contribution in [-0.2, 0) is 0 Å². The van der Waals surface area contributed by atoms with Crippen LogP contribution in [-0.4, -0.2) is 68.0 Å². The Morgan fingerprint density at radius 3 is 1.18 bits per heavy atom. The molecule has 0 aliphatic carbocycles. The van der Waals surface area contributed by atoms with Gasteiger partial charge >= 0.3 is 0 Å². The van der Waals surface area contributed by atoms with Crippen LogP contribution in [0.2, 0.25) is 0 Å². The lowest BCUT2D eigenvalue weighted by molar-refractivity contribution is 0.589. The summed E-state index contributed by atoms with van der Waals surface area (Å²) in [6, 6.07) is 0. The molecule has 0 spiro atoms. The summed E-state index contributed by atoms with van der Waals surface area (Å²) in [5, 5.41) is 1.78. The molecule has 0 N–H and O–H groups in total. The fraction of sp³-hybridized carbons (Fsp3) is 1.00. The number of hydrogen-bond donors (Lipinski definition) is 0.